The van der Waals surface area contributed by atoms with Crippen LogP contribution in [-0.2, 0) is 14.2 Å². The Balaban J connectivity index is 1.15. The summed E-state index contributed by atoms with van der Waals surface area (Å²) in [6.45, 7) is 2.56. The molecule has 1 saturated heterocycles. The van der Waals surface area contributed by atoms with E-state index in [2.05, 4.69) is 53.9 Å². The number of thiophene rings is 1. The van der Waals surface area contributed by atoms with E-state index in [1.807, 2.05) is 17.1 Å². The first-order chi connectivity index (χ1) is 15.3. The average Bonchev–Trinajstić information content (AvgIpc) is 3.14. The Kier molecular flexibility index (Phi) is 3.84. The lowest BCUT2D eigenvalue weighted by atomic mass is 9.99. The zero-order valence-corrected chi connectivity index (χ0v) is 18.4. The summed E-state index contributed by atoms with van der Waals surface area (Å²) < 4.78 is 23.6. The van der Waals surface area contributed by atoms with Crippen LogP contribution in [-0.4, -0.2) is 32.0 Å². The van der Waals surface area contributed by atoms with Gasteiger partial charge in [0.15, 0.2) is 11.5 Å². The molecular formula is C25H20O4S2. The molecule has 2 unspecified atom stereocenters. The molecule has 4 aliphatic rings. The summed E-state index contributed by atoms with van der Waals surface area (Å²) in [6, 6.07) is 17.6. The zero-order chi connectivity index (χ0) is 20.5. The fourth-order valence-corrected chi connectivity index (χ4v) is 7.36. The monoisotopic (exact) mass is 448 g/mol. The summed E-state index contributed by atoms with van der Waals surface area (Å²) in [5.74, 6) is 2.76. The van der Waals surface area contributed by atoms with E-state index in [0.717, 1.165) is 34.1 Å². The van der Waals surface area contributed by atoms with Gasteiger partial charge in [-0.3, -0.25) is 0 Å². The maximum Gasteiger partial charge on any atom is 0.179 e. The van der Waals surface area contributed by atoms with Crippen molar-refractivity contribution >= 4 is 23.1 Å². The van der Waals surface area contributed by atoms with Crippen molar-refractivity contribution < 1.29 is 18.9 Å². The van der Waals surface area contributed by atoms with Crippen LogP contribution in [0.2, 0.25) is 0 Å². The molecule has 2 fully saturated rings. The van der Waals surface area contributed by atoms with Gasteiger partial charge in [-0.1, -0.05) is 48.5 Å². The number of benzene rings is 2. The molecule has 2 aromatic carbocycles. The second-order valence-electron chi connectivity index (χ2n) is 8.24. The van der Waals surface area contributed by atoms with E-state index in [-0.39, 0.29) is 10.3 Å². The third kappa shape index (κ3) is 2.52. The van der Waals surface area contributed by atoms with Gasteiger partial charge in [-0.15, -0.1) is 23.1 Å². The molecule has 6 heteroatoms. The highest BCUT2D eigenvalue weighted by molar-refractivity contribution is 8.03. The van der Waals surface area contributed by atoms with Crippen LogP contribution in [0.1, 0.15) is 12.0 Å². The van der Waals surface area contributed by atoms with E-state index >= 15 is 0 Å². The first-order valence-corrected chi connectivity index (χ1v) is 12.3. The Bertz CT molecular complexity index is 1200. The standard InChI is InChI=1S/C25H20O4S2/c1-3-18(23-22-20(13-30-23)26-9-10-28-22)4-2-16(1)17-5-7-19(8-6-17)25-15-24(25)21(14-31-25)27-11-12-29-24/h1-8,13-14H,9-12,15H2. The molecule has 0 radical (unpaired) electrons. The van der Waals surface area contributed by atoms with E-state index < -0.39 is 0 Å². The number of hydrogen-bond acceptors (Lipinski definition) is 6. The van der Waals surface area contributed by atoms with Crippen LogP contribution in [0.4, 0.5) is 0 Å². The van der Waals surface area contributed by atoms with Crippen molar-refractivity contribution in [3.05, 3.63) is 70.6 Å². The highest BCUT2D eigenvalue weighted by Gasteiger charge is 2.76. The molecule has 4 nitrogen and oxygen atoms in total. The predicted molar refractivity (Wildman–Crippen MR) is 123 cm³/mol. The van der Waals surface area contributed by atoms with Gasteiger partial charge < -0.3 is 18.9 Å². The van der Waals surface area contributed by atoms with E-state index in [4.69, 9.17) is 18.9 Å². The van der Waals surface area contributed by atoms with Gasteiger partial charge in [-0.2, -0.15) is 0 Å². The van der Waals surface area contributed by atoms with Crippen LogP contribution < -0.4 is 9.47 Å². The highest BCUT2D eigenvalue weighted by atomic mass is 32.2. The predicted octanol–water partition coefficient (Wildman–Crippen LogP) is 5.83. The maximum absolute atomic E-state index is 6.19. The van der Waals surface area contributed by atoms with Gasteiger partial charge in [0, 0.05) is 17.2 Å². The molecule has 3 aromatic rings. The first kappa shape index (κ1) is 18.2. The number of thioether (sulfide) groups is 1. The summed E-state index contributed by atoms with van der Waals surface area (Å²) in [5.41, 5.74) is 4.66. The maximum atomic E-state index is 6.19. The third-order valence-corrected chi connectivity index (χ3v) is 9.05. The first-order valence-electron chi connectivity index (χ1n) is 10.5. The Morgan fingerprint density at radius 3 is 2.29 bits per heavy atom. The van der Waals surface area contributed by atoms with Gasteiger partial charge in [-0.25, -0.2) is 0 Å². The van der Waals surface area contributed by atoms with Gasteiger partial charge in [0.25, 0.3) is 0 Å². The molecule has 1 aliphatic carbocycles. The van der Waals surface area contributed by atoms with Gasteiger partial charge in [0.05, 0.1) is 16.2 Å². The SMILES string of the molecule is C1=C2OCCOC23CC3(c2ccc(-c3ccc(-c4scc5c4OCCO5)cc3)cc2)S1. The lowest BCUT2D eigenvalue weighted by Gasteiger charge is -2.27. The van der Waals surface area contributed by atoms with Crippen molar-refractivity contribution in [3.8, 4) is 33.1 Å². The molecule has 0 amide bonds. The third-order valence-electron chi connectivity index (χ3n) is 6.61. The smallest absolute Gasteiger partial charge is 0.179 e. The minimum atomic E-state index is -0.231. The molecule has 1 saturated carbocycles. The molecule has 1 spiro atoms. The van der Waals surface area contributed by atoms with Gasteiger partial charge in [0.1, 0.15) is 31.2 Å². The van der Waals surface area contributed by atoms with E-state index in [9.17, 15) is 0 Å². The van der Waals surface area contributed by atoms with Crippen molar-refractivity contribution in [3.63, 3.8) is 0 Å². The van der Waals surface area contributed by atoms with Crippen LogP contribution in [0.5, 0.6) is 11.5 Å². The van der Waals surface area contributed by atoms with Crippen molar-refractivity contribution in [1.29, 1.82) is 0 Å². The van der Waals surface area contributed by atoms with Gasteiger partial charge in [0.2, 0.25) is 0 Å². The quantitative estimate of drug-likeness (QED) is 0.504. The van der Waals surface area contributed by atoms with Gasteiger partial charge in [-0.05, 0) is 22.3 Å². The molecular weight excluding hydrogens is 428 g/mol. The minimum Gasteiger partial charge on any atom is -0.492 e. The molecule has 1 aromatic heterocycles. The largest absolute Gasteiger partial charge is 0.492 e. The number of fused-ring (bicyclic) bond motifs is 1. The summed E-state index contributed by atoms with van der Waals surface area (Å²) in [5, 5.41) is 4.18. The minimum absolute atomic E-state index is 0.00846. The van der Waals surface area contributed by atoms with Crippen molar-refractivity contribution in [2.75, 3.05) is 26.4 Å². The summed E-state index contributed by atoms with van der Waals surface area (Å²) in [4.78, 5) is 1.13. The Hall–Kier alpha value is -2.41. The highest BCUT2D eigenvalue weighted by Crippen LogP contribution is 2.75. The lowest BCUT2D eigenvalue weighted by Crippen LogP contribution is -2.32. The molecule has 4 heterocycles. The van der Waals surface area contributed by atoms with Crippen molar-refractivity contribution in [2.45, 2.75) is 16.8 Å². The van der Waals surface area contributed by atoms with Crippen molar-refractivity contribution in [2.24, 2.45) is 0 Å². The van der Waals surface area contributed by atoms with E-state index in [1.54, 1.807) is 11.3 Å². The number of ether oxygens (including phenoxy) is 4. The fraction of sp³-hybridized carbons (Fsp3) is 0.280. The lowest BCUT2D eigenvalue weighted by molar-refractivity contribution is -0.0608. The van der Waals surface area contributed by atoms with E-state index in [0.29, 0.717) is 26.4 Å². The van der Waals surface area contributed by atoms with Crippen LogP contribution in [0, 0.1) is 0 Å². The number of rotatable bonds is 3. The van der Waals surface area contributed by atoms with Gasteiger partial charge >= 0.3 is 0 Å². The Labute approximate surface area is 188 Å². The normalized spacial score (nSPS) is 27.7. The van der Waals surface area contributed by atoms with Crippen LogP contribution in [0.3, 0.4) is 0 Å². The van der Waals surface area contributed by atoms with Crippen LogP contribution >= 0.6 is 23.1 Å². The second kappa shape index (κ2) is 6.55. The molecule has 156 valence electrons. The fourth-order valence-electron chi connectivity index (χ4n) is 4.95. The summed E-state index contributed by atoms with van der Waals surface area (Å²) in [7, 11) is 0. The summed E-state index contributed by atoms with van der Waals surface area (Å²) >= 11 is 3.52. The Morgan fingerprint density at radius 1 is 0.742 bits per heavy atom. The van der Waals surface area contributed by atoms with Crippen molar-refractivity contribution in [1.82, 2.24) is 0 Å². The van der Waals surface area contributed by atoms with E-state index in [1.165, 1.54) is 16.7 Å². The second-order valence-corrected chi connectivity index (χ2v) is 10.3. The Morgan fingerprint density at radius 2 is 1.45 bits per heavy atom. The molecule has 0 N–H and O–H groups in total. The summed E-state index contributed by atoms with van der Waals surface area (Å²) in [6.07, 6.45) is 1.00. The zero-order valence-electron chi connectivity index (χ0n) is 16.8. The molecule has 3 aliphatic heterocycles. The van der Waals surface area contributed by atoms with Crippen LogP contribution in [0.15, 0.2) is 65.1 Å². The molecule has 7 rings (SSSR count). The molecule has 31 heavy (non-hydrogen) atoms. The molecule has 0 bridgehead atoms. The topological polar surface area (TPSA) is 36.9 Å². The number of hydrogen-bond donors (Lipinski definition) is 0. The molecule has 2 atom stereocenters. The average molecular weight is 449 g/mol. The van der Waals surface area contributed by atoms with Crippen LogP contribution in [0.25, 0.3) is 21.6 Å².